The molecule has 13 rings (SSSR count). The molecular weight excluding hydrogens is 715 g/mol. The molecule has 7 aliphatic rings. The third kappa shape index (κ3) is 4.24. The van der Waals surface area contributed by atoms with Crippen LogP contribution in [0.25, 0.3) is 22.3 Å². The predicted octanol–water partition coefficient (Wildman–Crippen LogP) is 14.9. The molecule has 2 nitrogen and oxygen atoms in total. The maximum Gasteiger partial charge on any atom is 0.132 e. The molecule has 0 amide bonds. The van der Waals surface area contributed by atoms with E-state index in [0.717, 1.165) is 23.3 Å². The molecule has 2 heteroatoms. The van der Waals surface area contributed by atoms with E-state index in [0.29, 0.717) is 17.3 Å². The lowest BCUT2D eigenvalue weighted by Crippen LogP contribution is -2.74. The summed E-state index contributed by atoms with van der Waals surface area (Å²) in [5, 5.41) is 0. The van der Waals surface area contributed by atoms with Crippen LogP contribution in [0.15, 0.2) is 127 Å². The fraction of sp³-hybridized carbons (Fsp3) is 0.368. The van der Waals surface area contributed by atoms with Gasteiger partial charge < -0.3 is 9.64 Å². The van der Waals surface area contributed by atoms with Crippen molar-refractivity contribution >= 4 is 17.1 Å². The van der Waals surface area contributed by atoms with Crippen molar-refractivity contribution in [3.8, 4) is 33.8 Å². The first-order chi connectivity index (χ1) is 28.4. The summed E-state index contributed by atoms with van der Waals surface area (Å²) in [6, 6.07) is 49.1. The fourth-order valence-electron chi connectivity index (χ4n) is 15.1. The molecule has 294 valence electrons. The van der Waals surface area contributed by atoms with E-state index in [9.17, 15) is 0 Å². The molecule has 0 aromatic heterocycles. The number of benzene rings is 6. The topological polar surface area (TPSA) is 12.5 Å². The number of rotatable bonds is 4. The monoisotopic (exact) mass is 769 g/mol. The molecule has 0 N–H and O–H groups in total. The van der Waals surface area contributed by atoms with E-state index in [1.165, 1.54) is 111 Å². The highest BCUT2D eigenvalue weighted by Crippen LogP contribution is 2.89. The van der Waals surface area contributed by atoms with Gasteiger partial charge in [-0.2, -0.15) is 0 Å². The predicted molar refractivity (Wildman–Crippen MR) is 242 cm³/mol. The minimum atomic E-state index is -0.0890. The average Bonchev–Trinajstić information content (AvgIpc) is 3.85. The standard InChI is InChI=1S/C57H55NO/c1-53(2)24-25-54(3,4)47-31-39(18-22-44(47)53)58(38-17-20-42-41-14-10-11-15-43(41)55(5,6)46(42)30-38)40-19-23-49-48(32-40)57(51-27-34-26-37-29-52(57)56(37,51)33-34)45-21-16-36(28-50(45)59-49)35-12-8-7-9-13-35/h7-23,28,30-32,34,37,51-52H,24-27,29,33H2,1-6H3. The van der Waals surface area contributed by atoms with Gasteiger partial charge in [-0.15, -0.1) is 0 Å². The molecule has 2 spiro atoms. The molecular formula is C57H55NO. The molecule has 2 bridgehead atoms. The van der Waals surface area contributed by atoms with Crippen molar-refractivity contribution in [2.75, 3.05) is 4.90 Å². The van der Waals surface area contributed by atoms with Gasteiger partial charge in [-0.1, -0.05) is 120 Å². The second kappa shape index (κ2) is 11.2. The van der Waals surface area contributed by atoms with Crippen LogP contribution in [0.5, 0.6) is 11.5 Å². The summed E-state index contributed by atoms with van der Waals surface area (Å²) >= 11 is 0. The molecule has 6 aliphatic carbocycles. The van der Waals surface area contributed by atoms with Crippen LogP contribution < -0.4 is 9.64 Å². The summed E-state index contributed by atoms with van der Waals surface area (Å²) in [7, 11) is 0. The van der Waals surface area contributed by atoms with Gasteiger partial charge in [0.05, 0.1) is 0 Å². The van der Waals surface area contributed by atoms with Crippen molar-refractivity contribution < 1.29 is 4.74 Å². The SMILES string of the molecule is CC1(C)CCC(C)(C)c2cc(N(c3ccc4c(c3)C(C)(C)c3ccccc3-4)c3ccc4c(c3)C3(c5ccc(-c6ccccc6)cc5O4)C4CC5CC6CC3C64C5)ccc21. The highest BCUT2D eigenvalue weighted by molar-refractivity contribution is 5.86. The summed E-state index contributed by atoms with van der Waals surface area (Å²) in [5.41, 5.74) is 18.3. The summed E-state index contributed by atoms with van der Waals surface area (Å²) in [5.74, 6) is 5.29. The quantitative estimate of drug-likeness (QED) is 0.177. The Bertz CT molecular complexity index is 2790. The molecule has 0 radical (unpaired) electrons. The van der Waals surface area contributed by atoms with Gasteiger partial charge in [-0.05, 0) is 171 Å². The van der Waals surface area contributed by atoms with Crippen LogP contribution in [0, 0.1) is 29.1 Å². The lowest BCUT2D eigenvalue weighted by atomic mass is 9.26. The van der Waals surface area contributed by atoms with Gasteiger partial charge in [0.2, 0.25) is 0 Å². The van der Waals surface area contributed by atoms with E-state index in [1.807, 2.05) is 0 Å². The smallest absolute Gasteiger partial charge is 0.132 e. The first kappa shape index (κ1) is 34.8. The van der Waals surface area contributed by atoms with Crippen LogP contribution in [0.2, 0.25) is 0 Å². The minimum absolute atomic E-state index is 0.0189. The Morgan fingerprint density at radius 3 is 1.93 bits per heavy atom. The first-order valence-electron chi connectivity index (χ1n) is 22.6. The highest BCUT2D eigenvalue weighted by atomic mass is 16.5. The van der Waals surface area contributed by atoms with Gasteiger partial charge in [0.15, 0.2) is 0 Å². The van der Waals surface area contributed by atoms with Crippen LogP contribution >= 0.6 is 0 Å². The van der Waals surface area contributed by atoms with Crippen molar-refractivity contribution in [2.45, 2.75) is 102 Å². The third-order valence-electron chi connectivity index (χ3n) is 17.8. The van der Waals surface area contributed by atoms with Crippen LogP contribution in [0.4, 0.5) is 17.1 Å². The Kier molecular flexibility index (Phi) is 6.59. The van der Waals surface area contributed by atoms with Crippen LogP contribution in [-0.4, -0.2) is 0 Å². The number of nitrogens with zero attached hydrogens (tertiary/aromatic N) is 1. The largest absolute Gasteiger partial charge is 0.457 e. The van der Waals surface area contributed by atoms with Crippen molar-refractivity contribution in [1.82, 2.24) is 0 Å². The molecule has 6 unspecified atom stereocenters. The van der Waals surface area contributed by atoms with E-state index in [-0.39, 0.29) is 21.7 Å². The Morgan fingerprint density at radius 1 is 0.492 bits per heavy atom. The van der Waals surface area contributed by atoms with E-state index >= 15 is 0 Å². The van der Waals surface area contributed by atoms with Crippen molar-refractivity contribution in [1.29, 1.82) is 0 Å². The number of anilines is 3. The number of hydrogen-bond acceptors (Lipinski definition) is 2. The Labute approximate surface area is 350 Å². The first-order valence-corrected chi connectivity index (χ1v) is 22.6. The lowest BCUT2D eigenvalue weighted by molar-refractivity contribution is -0.235. The van der Waals surface area contributed by atoms with Crippen molar-refractivity contribution in [2.24, 2.45) is 29.1 Å². The minimum Gasteiger partial charge on any atom is -0.457 e. The molecule has 59 heavy (non-hydrogen) atoms. The molecule has 4 saturated carbocycles. The van der Waals surface area contributed by atoms with E-state index < -0.39 is 0 Å². The third-order valence-corrected chi connectivity index (χ3v) is 17.8. The molecule has 6 atom stereocenters. The summed E-state index contributed by atoms with van der Waals surface area (Å²) in [6.45, 7) is 14.6. The zero-order valence-corrected chi connectivity index (χ0v) is 35.5. The van der Waals surface area contributed by atoms with Gasteiger partial charge >= 0.3 is 0 Å². The molecule has 6 aromatic carbocycles. The van der Waals surface area contributed by atoms with E-state index in [2.05, 4.69) is 174 Å². The summed E-state index contributed by atoms with van der Waals surface area (Å²) in [6.07, 6.45) is 8.03. The lowest BCUT2D eigenvalue weighted by Gasteiger charge is -2.77. The summed E-state index contributed by atoms with van der Waals surface area (Å²) in [4.78, 5) is 2.60. The van der Waals surface area contributed by atoms with Crippen LogP contribution in [0.1, 0.15) is 113 Å². The molecule has 6 aromatic rings. The molecule has 0 saturated heterocycles. The van der Waals surface area contributed by atoms with E-state index in [4.69, 9.17) is 4.74 Å². The second-order valence-electron chi connectivity index (χ2n) is 21.7. The van der Waals surface area contributed by atoms with Crippen molar-refractivity contribution in [3.05, 3.63) is 161 Å². The van der Waals surface area contributed by atoms with Crippen LogP contribution in [-0.2, 0) is 21.7 Å². The molecule has 1 heterocycles. The van der Waals surface area contributed by atoms with Gasteiger partial charge in [0, 0.05) is 39.0 Å². The summed E-state index contributed by atoms with van der Waals surface area (Å²) < 4.78 is 7.14. The number of hydrogen-bond donors (Lipinski definition) is 0. The number of ether oxygens (including phenoxy) is 1. The zero-order chi connectivity index (χ0) is 39.8. The van der Waals surface area contributed by atoms with E-state index in [1.54, 1.807) is 0 Å². The van der Waals surface area contributed by atoms with Gasteiger partial charge in [0.1, 0.15) is 11.5 Å². The van der Waals surface area contributed by atoms with Gasteiger partial charge in [0.25, 0.3) is 0 Å². The maximum atomic E-state index is 7.14. The highest BCUT2D eigenvalue weighted by Gasteiger charge is 2.84. The number of fused-ring (bicyclic) bond motifs is 11. The average molecular weight is 770 g/mol. The maximum absolute atomic E-state index is 7.14. The van der Waals surface area contributed by atoms with Gasteiger partial charge in [-0.25, -0.2) is 0 Å². The Balaban J connectivity index is 1.02. The Morgan fingerprint density at radius 2 is 1.14 bits per heavy atom. The second-order valence-corrected chi connectivity index (χ2v) is 21.7. The molecule has 4 fully saturated rings. The normalized spacial score (nSPS) is 29.5. The zero-order valence-electron chi connectivity index (χ0n) is 35.5. The van der Waals surface area contributed by atoms with Gasteiger partial charge in [-0.3, -0.25) is 0 Å². The fourth-order valence-corrected chi connectivity index (χ4v) is 15.1. The molecule has 1 aliphatic heterocycles. The van der Waals surface area contributed by atoms with Crippen LogP contribution in [0.3, 0.4) is 0 Å². The Hall–Kier alpha value is -5.08. The van der Waals surface area contributed by atoms with Crippen molar-refractivity contribution in [3.63, 3.8) is 0 Å².